The van der Waals surface area contributed by atoms with E-state index in [1.165, 1.54) is 0 Å². The molecule has 0 atom stereocenters. The molecule has 3 heteroatoms. The fourth-order valence-electron chi connectivity index (χ4n) is 3.10. The summed E-state index contributed by atoms with van der Waals surface area (Å²) in [5, 5.41) is 6.77. The van der Waals surface area contributed by atoms with Crippen LogP contribution in [0.25, 0.3) is 38.8 Å². The molecule has 0 saturated heterocycles. The maximum absolute atomic E-state index is 5.98. The number of nitrogens with zero attached hydrogens (tertiary/aromatic N) is 2. The first kappa shape index (κ1) is 13.1. The van der Waals surface area contributed by atoms with Crippen LogP contribution < -0.4 is 0 Å². The number of hydrogen-bond donors (Lipinski definition) is 0. The van der Waals surface area contributed by atoms with E-state index in [9.17, 15) is 0 Å². The van der Waals surface area contributed by atoms with Gasteiger partial charge in [0.2, 0.25) is 0 Å². The van der Waals surface area contributed by atoms with Crippen molar-refractivity contribution < 1.29 is 4.42 Å². The van der Waals surface area contributed by atoms with Crippen molar-refractivity contribution in [3.8, 4) is 16.8 Å². The van der Waals surface area contributed by atoms with E-state index < -0.39 is 0 Å². The van der Waals surface area contributed by atoms with Gasteiger partial charge in [0.25, 0.3) is 0 Å². The highest BCUT2D eigenvalue weighted by Gasteiger charge is 2.09. The van der Waals surface area contributed by atoms with E-state index in [1.54, 1.807) is 0 Å². The van der Waals surface area contributed by atoms with Gasteiger partial charge in [-0.05, 0) is 35.9 Å². The molecule has 0 bridgehead atoms. The van der Waals surface area contributed by atoms with Crippen LogP contribution >= 0.6 is 0 Å². The molecule has 0 aliphatic rings. The smallest absolute Gasteiger partial charge is 0.136 e. The number of fused-ring (bicyclic) bond motifs is 3. The van der Waals surface area contributed by atoms with Crippen LogP contribution in [-0.2, 0) is 0 Å². The molecule has 0 amide bonds. The van der Waals surface area contributed by atoms with Crippen molar-refractivity contribution in [2.75, 3.05) is 0 Å². The van der Waals surface area contributed by atoms with Crippen molar-refractivity contribution in [2.45, 2.75) is 0 Å². The maximum atomic E-state index is 5.98. The quantitative estimate of drug-likeness (QED) is 0.435. The van der Waals surface area contributed by atoms with Gasteiger partial charge in [0.05, 0.1) is 11.9 Å². The molecule has 0 aliphatic carbocycles. The Morgan fingerprint density at radius 2 is 1.50 bits per heavy atom. The third kappa shape index (κ3) is 2.02. The molecule has 2 heterocycles. The molecule has 2 aromatic heterocycles. The Morgan fingerprint density at radius 3 is 2.42 bits per heavy atom. The van der Waals surface area contributed by atoms with Crippen LogP contribution in [0.2, 0.25) is 0 Å². The zero-order chi connectivity index (χ0) is 15.9. The van der Waals surface area contributed by atoms with Gasteiger partial charge in [0, 0.05) is 22.5 Å². The summed E-state index contributed by atoms with van der Waals surface area (Å²) in [6.45, 7) is 0. The Hall–Kier alpha value is -3.33. The summed E-state index contributed by atoms with van der Waals surface area (Å²) in [6, 6.07) is 24.6. The number of furan rings is 1. The second-order valence-corrected chi connectivity index (χ2v) is 5.82. The minimum atomic E-state index is 0.904. The van der Waals surface area contributed by atoms with Crippen molar-refractivity contribution in [3.63, 3.8) is 0 Å². The predicted molar refractivity (Wildman–Crippen MR) is 96.3 cm³/mol. The molecule has 5 aromatic rings. The summed E-state index contributed by atoms with van der Waals surface area (Å²) in [5.74, 6) is 0. The molecule has 0 fully saturated rings. The van der Waals surface area contributed by atoms with E-state index >= 15 is 0 Å². The molecule has 0 aliphatic heterocycles. The highest BCUT2D eigenvalue weighted by molar-refractivity contribution is 6.05. The lowest BCUT2D eigenvalue weighted by Gasteiger charge is -2.00. The second kappa shape index (κ2) is 5.10. The fourth-order valence-corrected chi connectivity index (χ4v) is 3.10. The van der Waals surface area contributed by atoms with Gasteiger partial charge in [-0.25, -0.2) is 4.68 Å². The van der Waals surface area contributed by atoms with Gasteiger partial charge in [0.1, 0.15) is 11.2 Å². The molecule has 3 aromatic carbocycles. The lowest BCUT2D eigenvalue weighted by molar-refractivity contribution is 0.669. The van der Waals surface area contributed by atoms with E-state index in [-0.39, 0.29) is 0 Å². The van der Waals surface area contributed by atoms with Crippen LogP contribution in [0.3, 0.4) is 0 Å². The number of aromatic nitrogens is 2. The summed E-state index contributed by atoms with van der Waals surface area (Å²) in [7, 11) is 0. The van der Waals surface area contributed by atoms with Gasteiger partial charge in [0.15, 0.2) is 0 Å². The highest BCUT2D eigenvalue weighted by atomic mass is 16.3. The lowest BCUT2D eigenvalue weighted by atomic mass is 10.1. The molecule has 0 unspecified atom stereocenters. The van der Waals surface area contributed by atoms with Gasteiger partial charge in [-0.3, -0.25) is 0 Å². The molecule has 0 radical (unpaired) electrons. The Bertz CT molecular complexity index is 1150. The van der Waals surface area contributed by atoms with Crippen LogP contribution in [0.1, 0.15) is 0 Å². The van der Waals surface area contributed by atoms with Gasteiger partial charge in [-0.15, -0.1) is 0 Å². The van der Waals surface area contributed by atoms with Gasteiger partial charge in [-0.2, -0.15) is 5.10 Å². The molecule has 114 valence electrons. The van der Waals surface area contributed by atoms with Crippen LogP contribution in [0.4, 0.5) is 0 Å². The van der Waals surface area contributed by atoms with E-state index in [0.29, 0.717) is 0 Å². The Morgan fingerprint density at radius 1 is 0.708 bits per heavy atom. The molecular weight excluding hydrogens is 296 g/mol. The summed E-state index contributed by atoms with van der Waals surface area (Å²) in [4.78, 5) is 0. The average molecular weight is 310 g/mol. The van der Waals surface area contributed by atoms with Crippen molar-refractivity contribution >= 4 is 21.9 Å². The first-order valence-electron chi connectivity index (χ1n) is 7.90. The van der Waals surface area contributed by atoms with Crippen LogP contribution in [0, 0.1) is 0 Å². The third-order valence-electron chi connectivity index (χ3n) is 4.32. The molecule has 0 saturated carbocycles. The topological polar surface area (TPSA) is 31.0 Å². The first-order chi connectivity index (χ1) is 11.9. The molecule has 3 nitrogen and oxygen atoms in total. The Labute approximate surface area is 138 Å². The summed E-state index contributed by atoms with van der Waals surface area (Å²) in [5.41, 5.74) is 5.05. The van der Waals surface area contributed by atoms with Crippen molar-refractivity contribution in [2.24, 2.45) is 0 Å². The second-order valence-electron chi connectivity index (χ2n) is 5.82. The Balaban J connectivity index is 1.62. The van der Waals surface area contributed by atoms with E-state index in [0.717, 1.165) is 38.8 Å². The Kier molecular flexibility index (Phi) is 2.79. The SMILES string of the molecule is c1ccc(-n2cc(-c3ccc4c(c3)oc3ccccc34)cn2)cc1. The summed E-state index contributed by atoms with van der Waals surface area (Å²) >= 11 is 0. The first-order valence-corrected chi connectivity index (χ1v) is 7.90. The van der Waals surface area contributed by atoms with E-state index in [2.05, 4.69) is 29.4 Å². The largest absolute Gasteiger partial charge is 0.456 e. The van der Waals surface area contributed by atoms with Crippen molar-refractivity contribution in [1.82, 2.24) is 9.78 Å². The van der Waals surface area contributed by atoms with E-state index in [1.807, 2.05) is 65.6 Å². The lowest BCUT2D eigenvalue weighted by Crippen LogP contribution is -1.92. The number of hydrogen-bond acceptors (Lipinski definition) is 2. The highest BCUT2D eigenvalue weighted by Crippen LogP contribution is 2.32. The monoisotopic (exact) mass is 310 g/mol. The fraction of sp³-hybridized carbons (Fsp3) is 0. The van der Waals surface area contributed by atoms with Gasteiger partial charge in [-0.1, -0.05) is 42.5 Å². The number of rotatable bonds is 2. The van der Waals surface area contributed by atoms with E-state index in [4.69, 9.17) is 4.42 Å². The number of benzene rings is 3. The van der Waals surface area contributed by atoms with Crippen LogP contribution in [0.5, 0.6) is 0 Å². The molecule has 0 N–H and O–H groups in total. The normalized spacial score (nSPS) is 11.3. The zero-order valence-electron chi connectivity index (χ0n) is 12.9. The average Bonchev–Trinajstić information content (AvgIpc) is 3.27. The predicted octanol–water partition coefficient (Wildman–Crippen LogP) is 5.44. The van der Waals surface area contributed by atoms with Crippen molar-refractivity contribution in [3.05, 3.63) is 85.2 Å². The minimum Gasteiger partial charge on any atom is -0.456 e. The van der Waals surface area contributed by atoms with Crippen LogP contribution in [-0.4, -0.2) is 9.78 Å². The zero-order valence-corrected chi connectivity index (χ0v) is 12.9. The third-order valence-corrected chi connectivity index (χ3v) is 4.32. The molecule has 0 spiro atoms. The van der Waals surface area contributed by atoms with Gasteiger partial charge < -0.3 is 4.42 Å². The van der Waals surface area contributed by atoms with Crippen LogP contribution in [0.15, 0.2) is 89.6 Å². The molecule has 5 rings (SSSR count). The number of para-hydroxylation sites is 2. The maximum Gasteiger partial charge on any atom is 0.136 e. The summed E-state index contributed by atoms with van der Waals surface area (Å²) in [6.07, 6.45) is 3.93. The van der Waals surface area contributed by atoms with Crippen molar-refractivity contribution in [1.29, 1.82) is 0 Å². The molecular formula is C21H14N2O. The minimum absolute atomic E-state index is 0.904. The molecule has 24 heavy (non-hydrogen) atoms. The summed E-state index contributed by atoms with van der Waals surface area (Å²) < 4.78 is 7.87. The standard InChI is InChI=1S/C21H14N2O/c1-2-6-17(7-3-1)23-14-16(13-22-23)15-10-11-19-18-8-4-5-9-20(18)24-21(19)12-15/h1-14H. The van der Waals surface area contributed by atoms with Gasteiger partial charge >= 0.3 is 0 Å².